The lowest BCUT2D eigenvalue weighted by Crippen LogP contribution is -2.05. The lowest BCUT2D eigenvalue weighted by molar-refractivity contribution is -0.137. The Morgan fingerprint density at radius 2 is 1.79 bits per heavy atom. The van der Waals surface area contributed by atoms with Crippen LogP contribution < -0.4 is 4.74 Å². The summed E-state index contributed by atoms with van der Waals surface area (Å²) in [6.07, 6.45) is 0.713. The lowest BCUT2D eigenvalue weighted by atomic mass is 9.99. The van der Waals surface area contributed by atoms with Crippen molar-refractivity contribution < 1.29 is 27.8 Å². The van der Waals surface area contributed by atoms with Crippen molar-refractivity contribution in [2.75, 3.05) is 0 Å². The topological polar surface area (TPSA) is 72.3 Å². The van der Waals surface area contributed by atoms with Gasteiger partial charge >= 0.3 is 12.1 Å². The van der Waals surface area contributed by atoms with Gasteiger partial charge in [-0.3, -0.25) is 4.98 Å². The first-order valence-corrected chi connectivity index (χ1v) is 10.9. The van der Waals surface area contributed by atoms with E-state index in [1.807, 2.05) is 12.1 Å². The smallest absolute Gasteiger partial charge is 0.416 e. The van der Waals surface area contributed by atoms with E-state index in [9.17, 15) is 23.1 Å². The standard InChI is InChI=1S/C24H18BrF3N2O3/c25-16-8-9-22(33-13-14-4-6-15(7-5-14)24(26,27)28)19(10-16)17-2-1-3-18(17)20-11-29-12-21(30-20)23(31)32/h4-12H,1-3,13H2,(H,31,32). The Labute approximate surface area is 196 Å². The Morgan fingerprint density at radius 3 is 2.48 bits per heavy atom. The Balaban J connectivity index is 1.65. The maximum atomic E-state index is 12.8. The van der Waals surface area contributed by atoms with E-state index < -0.39 is 17.7 Å². The third kappa shape index (κ3) is 5.24. The summed E-state index contributed by atoms with van der Waals surface area (Å²) in [4.78, 5) is 19.6. The maximum absolute atomic E-state index is 12.8. The fourth-order valence-corrected chi connectivity index (χ4v) is 4.11. The molecule has 9 heteroatoms. The van der Waals surface area contributed by atoms with Gasteiger partial charge in [-0.2, -0.15) is 13.2 Å². The summed E-state index contributed by atoms with van der Waals surface area (Å²) in [6.45, 7) is 0.101. The maximum Gasteiger partial charge on any atom is 0.416 e. The highest BCUT2D eigenvalue weighted by molar-refractivity contribution is 9.10. The first-order chi connectivity index (χ1) is 15.7. The number of benzene rings is 2. The van der Waals surface area contributed by atoms with Gasteiger partial charge < -0.3 is 9.84 Å². The molecule has 1 aromatic heterocycles. The quantitative estimate of drug-likeness (QED) is 0.396. The number of aromatic carboxylic acids is 1. The van der Waals surface area contributed by atoms with E-state index in [1.165, 1.54) is 18.3 Å². The zero-order chi connectivity index (χ0) is 23.6. The highest BCUT2D eigenvalue weighted by atomic mass is 79.9. The highest BCUT2D eigenvalue weighted by Gasteiger charge is 2.30. The zero-order valence-electron chi connectivity index (χ0n) is 17.2. The van der Waals surface area contributed by atoms with Crippen molar-refractivity contribution in [3.63, 3.8) is 0 Å². The summed E-state index contributed by atoms with van der Waals surface area (Å²) in [5.41, 5.74) is 3.00. The molecule has 0 saturated heterocycles. The summed E-state index contributed by atoms with van der Waals surface area (Å²) in [5, 5.41) is 9.25. The summed E-state index contributed by atoms with van der Waals surface area (Å²) >= 11 is 3.48. The number of rotatable bonds is 6. The van der Waals surface area contributed by atoms with Gasteiger partial charge in [0.1, 0.15) is 12.4 Å². The van der Waals surface area contributed by atoms with Crippen molar-refractivity contribution in [1.82, 2.24) is 9.97 Å². The number of nitrogens with zero attached hydrogens (tertiary/aromatic N) is 2. The number of aromatic nitrogens is 2. The third-order valence-electron chi connectivity index (χ3n) is 5.32. The molecule has 0 aliphatic heterocycles. The molecule has 0 spiro atoms. The minimum atomic E-state index is -4.38. The summed E-state index contributed by atoms with van der Waals surface area (Å²) in [7, 11) is 0. The molecule has 3 aromatic rings. The predicted molar refractivity (Wildman–Crippen MR) is 120 cm³/mol. The number of carboxylic acid groups (broad SMARTS) is 1. The van der Waals surface area contributed by atoms with Gasteiger partial charge in [0.25, 0.3) is 0 Å². The third-order valence-corrected chi connectivity index (χ3v) is 5.82. The Hall–Kier alpha value is -3.20. The van der Waals surface area contributed by atoms with Crippen molar-refractivity contribution in [2.24, 2.45) is 0 Å². The SMILES string of the molecule is O=C(O)c1cncc(C2=C(c3cc(Br)ccc3OCc3ccc(C(F)(F)F)cc3)CCC2)n1. The molecule has 33 heavy (non-hydrogen) atoms. The molecule has 1 aliphatic rings. The molecule has 170 valence electrons. The Morgan fingerprint density at radius 1 is 1.06 bits per heavy atom. The van der Waals surface area contributed by atoms with Gasteiger partial charge in [0.05, 0.1) is 23.7 Å². The van der Waals surface area contributed by atoms with Gasteiger partial charge in [0.2, 0.25) is 0 Å². The van der Waals surface area contributed by atoms with Crippen LogP contribution in [0.25, 0.3) is 11.1 Å². The zero-order valence-corrected chi connectivity index (χ0v) is 18.8. The molecule has 4 rings (SSSR count). The normalized spacial score (nSPS) is 13.9. The second kappa shape index (κ2) is 9.35. The van der Waals surface area contributed by atoms with Crippen LogP contribution in [0.3, 0.4) is 0 Å². The number of hydrogen-bond acceptors (Lipinski definition) is 4. The van der Waals surface area contributed by atoms with Crippen LogP contribution in [0.15, 0.2) is 59.3 Å². The Bertz CT molecular complexity index is 1220. The number of allylic oxidation sites excluding steroid dienone is 2. The van der Waals surface area contributed by atoms with Crippen LogP contribution in [0.2, 0.25) is 0 Å². The number of carbonyl (C=O) groups is 1. The lowest BCUT2D eigenvalue weighted by Gasteiger charge is -2.15. The van der Waals surface area contributed by atoms with E-state index >= 15 is 0 Å². The summed E-state index contributed by atoms with van der Waals surface area (Å²) < 4.78 is 45.2. The van der Waals surface area contributed by atoms with E-state index in [1.54, 1.807) is 12.3 Å². The molecule has 0 radical (unpaired) electrons. The van der Waals surface area contributed by atoms with Gasteiger partial charge in [-0.15, -0.1) is 0 Å². The molecule has 0 fully saturated rings. The first-order valence-electron chi connectivity index (χ1n) is 10.1. The fourth-order valence-electron chi connectivity index (χ4n) is 3.75. The van der Waals surface area contributed by atoms with Crippen LogP contribution in [0.1, 0.15) is 52.1 Å². The van der Waals surface area contributed by atoms with Gasteiger partial charge in [0, 0.05) is 10.0 Å². The van der Waals surface area contributed by atoms with Crippen molar-refractivity contribution in [1.29, 1.82) is 0 Å². The van der Waals surface area contributed by atoms with Crippen molar-refractivity contribution in [3.8, 4) is 5.75 Å². The van der Waals surface area contributed by atoms with Gasteiger partial charge in [-0.25, -0.2) is 9.78 Å². The molecule has 1 aliphatic carbocycles. The molecule has 0 saturated carbocycles. The van der Waals surface area contributed by atoms with E-state index in [2.05, 4.69) is 25.9 Å². The van der Waals surface area contributed by atoms with Crippen LogP contribution in [-0.4, -0.2) is 21.0 Å². The van der Waals surface area contributed by atoms with E-state index in [-0.39, 0.29) is 12.3 Å². The first kappa shape index (κ1) is 23.0. The molecule has 0 unspecified atom stereocenters. The molecule has 5 nitrogen and oxygen atoms in total. The number of hydrogen-bond donors (Lipinski definition) is 1. The number of halogens is 4. The highest BCUT2D eigenvalue weighted by Crippen LogP contribution is 2.43. The average molecular weight is 519 g/mol. The van der Waals surface area contributed by atoms with Crippen LogP contribution in [0.4, 0.5) is 13.2 Å². The van der Waals surface area contributed by atoms with Crippen molar-refractivity contribution in [2.45, 2.75) is 32.0 Å². The van der Waals surface area contributed by atoms with Crippen LogP contribution in [-0.2, 0) is 12.8 Å². The molecule has 1 N–H and O–H groups in total. The largest absolute Gasteiger partial charge is 0.488 e. The van der Waals surface area contributed by atoms with Gasteiger partial charge in [-0.05, 0) is 66.3 Å². The summed E-state index contributed by atoms with van der Waals surface area (Å²) in [6, 6.07) is 10.4. The predicted octanol–water partition coefficient (Wildman–Crippen LogP) is 6.63. The average Bonchev–Trinajstić information content (AvgIpc) is 3.28. The van der Waals surface area contributed by atoms with E-state index in [0.29, 0.717) is 17.0 Å². The van der Waals surface area contributed by atoms with Crippen LogP contribution in [0.5, 0.6) is 5.75 Å². The molecule has 2 aromatic carbocycles. The Kier molecular flexibility index (Phi) is 6.51. The number of carboxylic acids is 1. The van der Waals surface area contributed by atoms with Gasteiger partial charge in [-0.1, -0.05) is 28.1 Å². The molecule has 1 heterocycles. The van der Waals surface area contributed by atoms with Gasteiger partial charge in [0.15, 0.2) is 5.69 Å². The second-order valence-electron chi connectivity index (χ2n) is 7.53. The monoisotopic (exact) mass is 518 g/mol. The van der Waals surface area contributed by atoms with E-state index in [4.69, 9.17) is 4.74 Å². The fraction of sp³-hybridized carbons (Fsp3) is 0.208. The van der Waals surface area contributed by atoms with Crippen molar-refractivity contribution in [3.05, 3.63) is 87.4 Å². The number of ether oxygens (including phenoxy) is 1. The molecule has 0 amide bonds. The molecule has 0 bridgehead atoms. The number of alkyl halides is 3. The second-order valence-corrected chi connectivity index (χ2v) is 8.44. The molecular formula is C24H18BrF3N2O3. The van der Waals surface area contributed by atoms with Crippen molar-refractivity contribution >= 4 is 33.0 Å². The summed E-state index contributed by atoms with van der Waals surface area (Å²) in [5.74, 6) is -0.567. The molecular weight excluding hydrogens is 501 g/mol. The van der Waals surface area contributed by atoms with E-state index in [0.717, 1.165) is 52.6 Å². The van der Waals surface area contributed by atoms with Crippen LogP contribution >= 0.6 is 15.9 Å². The molecule has 0 atom stereocenters. The van der Waals surface area contributed by atoms with Crippen LogP contribution in [0, 0.1) is 0 Å². The minimum Gasteiger partial charge on any atom is -0.488 e. The minimum absolute atomic E-state index is 0.101.